The molecule has 2 aromatic carbocycles. The first-order chi connectivity index (χ1) is 14.3. The summed E-state index contributed by atoms with van der Waals surface area (Å²) in [7, 11) is 0. The van der Waals surface area contributed by atoms with Crippen LogP contribution < -0.4 is 16.0 Å². The van der Waals surface area contributed by atoms with E-state index in [1.807, 2.05) is 24.3 Å². The van der Waals surface area contributed by atoms with E-state index in [0.29, 0.717) is 28.7 Å². The minimum atomic E-state index is -0.915. The molecule has 0 fully saturated rings. The lowest BCUT2D eigenvalue weighted by atomic mass is 9.86. The lowest BCUT2D eigenvalue weighted by molar-refractivity contribution is -0.125. The van der Waals surface area contributed by atoms with Gasteiger partial charge in [-0.25, -0.2) is 0 Å². The van der Waals surface area contributed by atoms with Gasteiger partial charge < -0.3 is 16.0 Å². The summed E-state index contributed by atoms with van der Waals surface area (Å²) < 4.78 is 0. The van der Waals surface area contributed by atoms with Crippen molar-refractivity contribution < 1.29 is 14.4 Å². The molecule has 30 heavy (non-hydrogen) atoms. The Morgan fingerprint density at radius 3 is 2.50 bits per heavy atom. The molecule has 158 valence electrons. The molecule has 2 atom stereocenters. The Hall–Kier alpha value is -2.86. The molecule has 0 saturated heterocycles. The monoisotopic (exact) mass is 427 g/mol. The van der Waals surface area contributed by atoms with Crippen LogP contribution in [0.4, 0.5) is 5.69 Å². The normalized spacial score (nSPS) is 16.9. The van der Waals surface area contributed by atoms with Gasteiger partial charge in [0.15, 0.2) is 0 Å². The largest absolute Gasteiger partial charge is 0.356 e. The van der Waals surface area contributed by atoms with Gasteiger partial charge in [0, 0.05) is 11.6 Å². The Balaban J connectivity index is 1.54. The maximum Gasteiger partial charge on any atom is 0.254 e. The average Bonchev–Trinajstić information content (AvgIpc) is 2.82. The summed E-state index contributed by atoms with van der Waals surface area (Å²) in [6.07, 6.45) is 0.651. The Morgan fingerprint density at radius 2 is 1.80 bits per heavy atom. The zero-order valence-electron chi connectivity index (χ0n) is 17.1. The molecule has 0 aliphatic carbocycles. The highest BCUT2D eigenvalue weighted by Crippen LogP contribution is 2.28. The van der Waals surface area contributed by atoms with Gasteiger partial charge in [-0.1, -0.05) is 49.7 Å². The van der Waals surface area contributed by atoms with Crippen molar-refractivity contribution in [3.05, 3.63) is 64.7 Å². The first-order valence-electron chi connectivity index (χ1n) is 10.1. The predicted molar refractivity (Wildman–Crippen MR) is 118 cm³/mol. The number of nitrogens with one attached hydrogen (secondary N) is 3. The summed E-state index contributed by atoms with van der Waals surface area (Å²) in [6, 6.07) is 13.6. The van der Waals surface area contributed by atoms with Gasteiger partial charge in [-0.05, 0) is 48.1 Å². The van der Waals surface area contributed by atoms with E-state index >= 15 is 0 Å². The third-order valence-electron chi connectivity index (χ3n) is 5.32. The van der Waals surface area contributed by atoms with Gasteiger partial charge >= 0.3 is 0 Å². The second-order valence-corrected chi connectivity index (χ2v) is 8.24. The van der Waals surface area contributed by atoms with Crippen LogP contribution in [0.1, 0.15) is 48.5 Å². The van der Waals surface area contributed by atoms with E-state index in [1.54, 1.807) is 24.3 Å². The number of hydrogen-bond acceptors (Lipinski definition) is 3. The van der Waals surface area contributed by atoms with Crippen molar-refractivity contribution in [2.24, 2.45) is 5.92 Å². The number of halogens is 1. The van der Waals surface area contributed by atoms with E-state index in [4.69, 9.17) is 11.6 Å². The highest BCUT2D eigenvalue weighted by molar-refractivity contribution is 6.30. The molecule has 7 heteroatoms. The molecule has 1 heterocycles. The summed E-state index contributed by atoms with van der Waals surface area (Å²) in [5.41, 5.74) is 2.01. The summed E-state index contributed by atoms with van der Waals surface area (Å²) in [5.74, 6) is -0.375. The summed E-state index contributed by atoms with van der Waals surface area (Å²) in [4.78, 5) is 37.2. The first kappa shape index (κ1) is 21.8. The topological polar surface area (TPSA) is 87.3 Å². The maximum atomic E-state index is 12.4. The van der Waals surface area contributed by atoms with Gasteiger partial charge in [0.1, 0.15) is 6.04 Å². The minimum absolute atomic E-state index is 0.112. The Morgan fingerprint density at radius 1 is 1.10 bits per heavy atom. The van der Waals surface area contributed by atoms with Gasteiger partial charge in [0.25, 0.3) is 5.91 Å². The lowest BCUT2D eigenvalue weighted by Crippen LogP contribution is -2.44. The zero-order valence-corrected chi connectivity index (χ0v) is 17.8. The van der Waals surface area contributed by atoms with Crippen LogP contribution in [0.3, 0.4) is 0 Å². The van der Waals surface area contributed by atoms with E-state index in [2.05, 4.69) is 29.8 Å². The van der Waals surface area contributed by atoms with Crippen LogP contribution in [0.5, 0.6) is 0 Å². The molecule has 1 aliphatic rings. The van der Waals surface area contributed by atoms with Gasteiger partial charge in [0.05, 0.1) is 17.7 Å². The van der Waals surface area contributed by atoms with Crippen LogP contribution in [-0.4, -0.2) is 30.3 Å². The van der Waals surface area contributed by atoms with Crippen molar-refractivity contribution in [3.8, 4) is 0 Å². The third kappa shape index (κ3) is 5.39. The van der Waals surface area contributed by atoms with Gasteiger partial charge in [-0.15, -0.1) is 0 Å². The number of amides is 3. The number of para-hydroxylation sites is 1. The maximum absolute atomic E-state index is 12.4. The van der Waals surface area contributed by atoms with Crippen molar-refractivity contribution in [2.45, 2.75) is 38.6 Å². The number of hydrogen-bond donors (Lipinski definition) is 3. The highest BCUT2D eigenvalue weighted by atomic mass is 35.5. The lowest BCUT2D eigenvalue weighted by Gasteiger charge is -2.22. The molecular weight excluding hydrogens is 402 g/mol. The van der Waals surface area contributed by atoms with E-state index in [-0.39, 0.29) is 24.2 Å². The molecule has 3 N–H and O–H groups in total. The molecule has 0 radical (unpaired) electrons. The molecule has 0 aromatic heterocycles. The third-order valence-corrected chi connectivity index (χ3v) is 5.57. The van der Waals surface area contributed by atoms with Gasteiger partial charge in [0.2, 0.25) is 11.8 Å². The summed E-state index contributed by atoms with van der Waals surface area (Å²) in [5, 5.41) is 8.92. The molecule has 0 bridgehead atoms. The number of fused-ring (bicyclic) bond motifs is 1. The second-order valence-electron chi connectivity index (χ2n) is 7.81. The van der Waals surface area contributed by atoms with Crippen LogP contribution in [-0.2, 0) is 9.59 Å². The van der Waals surface area contributed by atoms with Crippen molar-refractivity contribution in [1.29, 1.82) is 0 Å². The molecule has 1 aliphatic heterocycles. The molecule has 0 spiro atoms. The molecular formula is C23H26ClN3O3. The number of carbonyl (C=O) groups is 3. The van der Waals surface area contributed by atoms with Crippen molar-refractivity contribution in [3.63, 3.8) is 0 Å². The zero-order chi connectivity index (χ0) is 21.7. The molecule has 0 unspecified atom stereocenters. The standard InChI is InChI=1S/C23H26ClN3O3/c1-14(2)17(15-7-9-16(24)10-8-15)11-12-25-21(28)13-20-23(30)26-19-6-4-3-5-18(19)22(29)27-20/h3-10,14,17,20H,11-13H2,1-2H3,(H,25,28)(H,26,30)(H,27,29)/t17-,20+/m0/s1. The fourth-order valence-electron chi connectivity index (χ4n) is 3.67. The fourth-order valence-corrected chi connectivity index (χ4v) is 3.80. The van der Waals surface area contributed by atoms with Crippen molar-refractivity contribution in [1.82, 2.24) is 10.6 Å². The van der Waals surface area contributed by atoms with E-state index in [9.17, 15) is 14.4 Å². The quantitative estimate of drug-likeness (QED) is 0.629. The first-order valence-corrected chi connectivity index (χ1v) is 10.5. The smallest absolute Gasteiger partial charge is 0.254 e. The van der Waals surface area contributed by atoms with Gasteiger partial charge in [-0.2, -0.15) is 0 Å². The molecule has 2 aromatic rings. The SMILES string of the molecule is CC(C)[C@H](CCNC(=O)C[C@H]1NC(=O)c2ccccc2NC1=O)c1ccc(Cl)cc1. The van der Waals surface area contributed by atoms with E-state index < -0.39 is 11.9 Å². The Labute approximate surface area is 181 Å². The highest BCUT2D eigenvalue weighted by Gasteiger charge is 2.29. The number of anilines is 1. The van der Waals surface area contributed by atoms with Crippen LogP contribution in [0.2, 0.25) is 5.02 Å². The van der Waals surface area contributed by atoms with Crippen LogP contribution >= 0.6 is 11.6 Å². The summed E-state index contributed by atoms with van der Waals surface area (Å²) in [6.45, 7) is 4.77. The molecule has 6 nitrogen and oxygen atoms in total. The van der Waals surface area contributed by atoms with Crippen molar-refractivity contribution in [2.75, 3.05) is 11.9 Å². The average molecular weight is 428 g/mol. The number of benzene rings is 2. The fraction of sp³-hybridized carbons (Fsp3) is 0.348. The molecule has 3 amide bonds. The number of carbonyl (C=O) groups excluding carboxylic acids is 3. The second kappa shape index (κ2) is 9.76. The Bertz CT molecular complexity index is 928. The van der Waals surface area contributed by atoms with Crippen LogP contribution in [0, 0.1) is 5.92 Å². The number of rotatable bonds is 7. The van der Waals surface area contributed by atoms with E-state index in [1.165, 1.54) is 5.56 Å². The van der Waals surface area contributed by atoms with Crippen LogP contribution in [0.15, 0.2) is 48.5 Å². The van der Waals surface area contributed by atoms with E-state index in [0.717, 1.165) is 6.42 Å². The molecule has 0 saturated carbocycles. The predicted octanol–water partition coefficient (Wildman–Crippen LogP) is 3.73. The van der Waals surface area contributed by atoms with Gasteiger partial charge in [-0.3, -0.25) is 14.4 Å². The molecule has 3 rings (SSSR count). The minimum Gasteiger partial charge on any atom is -0.356 e. The summed E-state index contributed by atoms with van der Waals surface area (Å²) >= 11 is 5.98. The Kier molecular flexibility index (Phi) is 7.11. The van der Waals surface area contributed by atoms with Crippen molar-refractivity contribution >= 4 is 35.0 Å². The van der Waals surface area contributed by atoms with Crippen LogP contribution in [0.25, 0.3) is 0 Å².